The van der Waals surface area contributed by atoms with Crippen LogP contribution in [-0.4, -0.2) is 18.4 Å². The lowest BCUT2D eigenvalue weighted by atomic mass is 10.0. The van der Waals surface area contributed by atoms with Crippen molar-refractivity contribution in [2.45, 2.75) is 39.2 Å². The molecule has 1 fully saturated rings. The van der Waals surface area contributed by atoms with E-state index in [1.54, 1.807) is 6.92 Å². The Kier molecular flexibility index (Phi) is 3.87. The molecule has 0 bridgehead atoms. The Morgan fingerprint density at radius 1 is 1.41 bits per heavy atom. The largest absolute Gasteiger partial charge is 0.369 e. The molecule has 0 amide bonds. The Balaban J connectivity index is 2.27. The van der Waals surface area contributed by atoms with Crippen molar-refractivity contribution in [3.05, 3.63) is 28.2 Å². The number of hydrogen-bond acceptors (Lipinski definition) is 2. The van der Waals surface area contributed by atoms with E-state index in [2.05, 4.69) is 39.9 Å². The summed E-state index contributed by atoms with van der Waals surface area (Å²) in [5, 5.41) is 0. The number of benzene rings is 1. The fourth-order valence-electron chi connectivity index (χ4n) is 2.45. The third-order valence-electron chi connectivity index (χ3n) is 3.47. The minimum atomic E-state index is 0.107. The first-order valence-electron chi connectivity index (χ1n) is 6.16. The molecule has 92 valence electrons. The predicted molar refractivity (Wildman–Crippen MR) is 74.8 cm³/mol. The number of hydrogen-bond donors (Lipinski definition) is 0. The van der Waals surface area contributed by atoms with Crippen LogP contribution in [0.5, 0.6) is 0 Å². The van der Waals surface area contributed by atoms with Gasteiger partial charge in [-0.05, 0) is 67.2 Å². The molecule has 2 nitrogen and oxygen atoms in total. The van der Waals surface area contributed by atoms with Gasteiger partial charge in [0.2, 0.25) is 0 Å². The maximum absolute atomic E-state index is 11.4. The predicted octanol–water partition coefficient (Wildman–Crippen LogP) is 4.03. The number of rotatable bonds is 2. The number of anilines is 1. The van der Waals surface area contributed by atoms with Gasteiger partial charge in [0.05, 0.1) is 0 Å². The molecule has 1 aromatic carbocycles. The monoisotopic (exact) mass is 295 g/mol. The highest BCUT2D eigenvalue weighted by atomic mass is 79.9. The zero-order valence-electron chi connectivity index (χ0n) is 10.4. The van der Waals surface area contributed by atoms with Crippen LogP contribution in [-0.2, 0) is 0 Å². The van der Waals surface area contributed by atoms with E-state index in [1.807, 2.05) is 6.07 Å². The normalized spacial score (nSPS) is 20.4. The Morgan fingerprint density at radius 2 is 2.18 bits per heavy atom. The molecule has 3 heteroatoms. The lowest BCUT2D eigenvalue weighted by molar-refractivity contribution is 0.101. The van der Waals surface area contributed by atoms with Crippen molar-refractivity contribution in [1.82, 2.24) is 0 Å². The van der Waals surface area contributed by atoms with Crippen LogP contribution in [0.25, 0.3) is 0 Å². The highest BCUT2D eigenvalue weighted by Gasteiger charge is 2.19. The fraction of sp³-hybridized carbons (Fsp3) is 0.500. The van der Waals surface area contributed by atoms with E-state index in [4.69, 9.17) is 0 Å². The average molecular weight is 296 g/mol. The Labute approximate surface area is 111 Å². The van der Waals surface area contributed by atoms with Gasteiger partial charge in [-0.2, -0.15) is 0 Å². The van der Waals surface area contributed by atoms with E-state index in [-0.39, 0.29) is 5.78 Å². The first-order chi connectivity index (χ1) is 8.09. The van der Waals surface area contributed by atoms with E-state index in [9.17, 15) is 4.79 Å². The van der Waals surface area contributed by atoms with Crippen LogP contribution in [0.2, 0.25) is 0 Å². The summed E-state index contributed by atoms with van der Waals surface area (Å²) in [6.07, 6.45) is 3.84. The number of ketones is 1. The van der Waals surface area contributed by atoms with Crippen molar-refractivity contribution in [2.75, 3.05) is 11.4 Å². The van der Waals surface area contributed by atoms with Gasteiger partial charge < -0.3 is 4.90 Å². The van der Waals surface area contributed by atoms with Crippen molar-refractivity contribution < 1.29 is 4.79 Å². The van der Waals surface area contributed by atoms with Gasteiger partial charge in [-0.25, -0.2) is 0 Å². The van der Waals surface area contributed by atoms with Gasteiger partial charge in [0.25, 0.3) is 0 Å². The van der Waals surface area contributed by atoms with Gasteiger partial charge >= 0.3 is 0 Å². The molecule has 1 saturated heterocycles. The van der Waals surface area contributed by atoms with Gasteiger partial charge in [0, 0.05) is 28.3 Å². The van der Waals surface area contributed by atoms with Crippen molar-refractivity contribution >= 4 is 27.4 Å². The molecule has 0 N–H and O–H groups in total. The number of halogens is 1. The first-order valence-corrected chi connectivity index (χ1v) is 6.96. The lowest BCUT2D eigenvalue weighted by Gasteiger charge is -2.35. The molecule has 1 atom stereocenters. The SMILES string of the molecule is CC(=O)c1ccc(N2CCCCC2C)cc1Br. The maximum atomic E-state index is 11.4. The van der Waals surface area contributed by atoms with Crippen LogP contribution < -0.4 is 4.90 Å². The molecule has 1 heterocycles. The van der Waals surface area contributed by atoms with Gasteiger partial charge in [0.15, 0.2) is 5.78 Å². The summed E-state index contributed by atoms with van der Waals surface area (Å²) in [7, 11) is 0. The Hall–Kier alpha value is -0.830. The molecule has 1 aromatic rings. The minimum absolute atomic E-state index is 0.107. The maximum Gasteiger partial charge on any atom is 0.160 e. The molecule has 17 heavy (non-hydrogen) atoms. The number of carbonyl (C=O) groups excluding carboxylic acids is 1. The lowest BCUT2D eigenvalue weighted by Crippen LogP contribution is -2.37. The second kappa shape index (κ2) is 5.21. The summed E-state index contributed by atoms with van der Waals surface area (Å²) in [6, 6.07) is 6.64. The van der Waals surface area contributed by atoms with E-state index in [0.29, 0.717) is 6.04 Å². The van der Waals surface area contributed by atoms with E-state index < -0.39 is 0 Å². The van der Waals surface area contributed by atoms with Crippen LogP contribution in [0, 0.1) is 0 Å². The van der Waals surface area contributed by atoms with Gasteiger partial charge in [-0.3, -0.25) is 4.79 Å². The highest BCUT2D eigenvalue weighted by molar-refractivity contribution is 9.10. The first kappa shape index (κ1) is 12.6. The molecule has 0 radical (unpaired) electrons. The van der Waals surface area contributed by atoms with Crippen LogP contribution >= 0.6 is 15.9 Å². The number of nitrogens with zero attached hydrogens (tertiary/aromatic N) is 1. The summed E-state index contributed by atoms with van der Waals surface area (Å²) in [5.74, 6) is 0.107. The number of piperidine rings is 1. The quantitative estimate of drug-likeness (QED) is 0.768. The molecule has 2 rings (SSSR count). The van der Waals surface area contributed by atoms with Crippen molar-refractivity contribution in [3.63, 3.8) is 0 Å². The topological polar surface area (TPSA) is 20.3 Å². The van der Waals surface area contributed by atoms with Crippen molar-refractivity contribution in [1.29, 1.82) is 0 Å². The third-order valence-corrected chi connectivity index (χ3v) is 4.12. The van der Waals surface area contributed by atoms with E-state index in [1.165, 1.54) is 24.9 Å². The summed E-state index contributed by atoms with van der Waals surface area (Å²) in [6.45, 7) is 4.99. The average Bonchev–Trinajstić information content (AvgIpc) is 2.29. The summed E-state index contributed by atoms with van der Waals surface area (Å²) in [5.41, 5.74) is 1.98. The van der Waals surface area contributed by atoms with Crippen LogP contribution in [0.4, 0.5) is 5.69 Å². The Morgan fingerprint density at radius 3 is 2.76 bits per heavy atom. The smallest absolute Gasteiger partial charge is 0.160 e. The molecular formula is C14H18BrNO. The second-order valence-corrected chi connectivity index (χ2v) is 5.61. The van der Waals surface area contributed by atoms with Gasteiger partial charge in [0.1, 0.15) is 0 Å². The molecular weight excluding hydrogens is 278 g/mol. The minimum Gasteiger partial charge on any atom is -0.369 e. The van der Waals surface area contributed by atoms with Crippen molar-refractivity contribution in [2.24, 2.45) is 0 Å². The van der Waals surface area contributed by atoms with Crippen LogP contribution in [0.3, 0.4) is 0 Å². The summed E-state index contributed by atoms with van der Waals surface area (Å²) in [4.78, 5) is 13.8. The molecule has 1 unspecified atom stereocenters. The number of Topliss-reactive ketones (excluding diaryl/α,β-unsaturated/α-hetero) is 1. The zero-order valence-corrected chi connectivity index (χ0v) is 12.0. The van der Waals surface area contributed by atoms with E-state index >= 15 is 0 Å². The van der Waals surface area contributed by atoms with Crippen molar-refractivity contribution in [3.8, 4) is 0 Å². The molecule has 0 aliphatic carbocycles. The number of carbonyl (C=O) groups is 1. The van der Waals surface area contributed by atoms with Gasteiger partial charge in [-0.1, -0.05) is 0 Å². The molecule has 0 aromatic heterocycles. The van der Waals surface area contributed by atoms with E-state index in [0.717, 1.165) is 16.6 Å². The standard InChI is InChI=1S/C14H18BrNO/c1-10-5-3-4-8-16(10)12-6-7-13(11(2)17)14(15)9-12/h6-7,9-10H,3-5,8H2,1-2H3. The fourth-order valence-corrected chi connectivity index (χ4v) is 3.10. The summed E-state index contributed by atoms with van der Waals surface area (Å²) < 4.78 is 0.903. The van der Waals surface area contributed by atoms with Crippen LogP contribution in [0.1, 0.15) is 43.5 Å². The second-order valence-electron chi connectivity index (χ2n) is 4.76. The molecule has 1 aliphatic rings. The summed E-state index contributed by atoms with van der Waals surface area (Å²) >= 11 is 3.49. The zero-order chi connectivity index (χ0) is 12.4. The molecule has 0 saturated carbocycles. The highest BCUT2D eigenvalue weighted by Crippen LogP contribution is 2.29. The molecule has 1 aliphatic heterocycles. The Bertz CT molecular complexity index is 430. The molecule has 0 spiro atoms. The third kappa shape index (κ3) is 2.71. The van der Waals surface area contributed by atoms with Crippen LogP contribution in [0.15, 0.2) is 22.7 Å². The van der Waals surface area contributed by atoms with Gasteiger partial charge in [-0.15, -0.1) is 0 Å².